The van der Waals surface area contributed by atoms with Gasteiger partial charge in [0.15, 0.2) is 0 Å². The molecular formula is C17H23ClF3N3O. The van der Waals surface area contributed by atoms with Crippen LogP contribution in [0.3, 0.4) is 0 Å². The van der Waals surface area contributed by atoms with Gasteiger partial charge in [0.05, 0.1) is 12.0 Å². The Kier molecular flexibility index (Phi) is 6.68. The van der Waals surface area contributed by atoms with Crippen molar-refractivity contribution in [3.05, 3.63) is 30.1 Å². The highest BCUT2D eigenvalue weighted by atomic mass is 35.5. The van der Waals surface area contributed by atoms with E-state index in [4.69, 9.17) is 0 Å². The lowest BCUT2D eigenvalue weighted by Gasteiger charge is -2.40. The molecule has 8 heteroatoms. The second-order valence-corrected chi connectivity index (χ2v) is 6.64. The van der Waals surface area contributed by atoms with Crippen LogP contribution in [0.4, 0.5) is 13.2 Å². The number of carbonyl (C=O) groups excluding carboxylic acids is 1. The van der Waals surface area contributed by atoms with Crippen molar-refractivity contribution in [3.63, 3.8) is 0 Å². The average Bonchev–Trinajstić information content (AvgIpc) is 2.61. The number of aromatic nitrogens is 1. The molecule has 1 amide bonds. The van der Waals surface area contributed by atoms with Gasteiger partial charge in [0.25, 0.3) is 0 Å². The van der Waals surface area contributed by atoms with Crippen LogP contribution in [0.25, 0.3) is 0 Å². The third kappa shape index (κ3) is 4.64. The number of pyridine rings is 1. The highest BCUT2D eigenvalue weighted by Gasteiger charge is 2.45. The van der Waals surface area contributed by atoms with Crippen LogP contribution in [-0.2, 0) is 4.79 Å². The number of nitrogens with one attached hydrogen (secondary N) is 1. The Labute approximate surface area is 151 Å². The highest BCUT2D eigenvalue weighted by molar-refractivity contribution is 5.85. The van der Waals surface area contributed by atoms with Crippen LogP contribution < -0.4 is 5.32 Å². The summed E-state index contributed by atoms with van der Waals surface area (Å²) in [6.45, 7) is 1.79. The first kappa shape index (κ1) is 20.0. The molecule has 1 aliphatic carbocycles. The van der Waals surface area contributed by atoms with E-state index >= 15 is 0 Å². The molecule has 0 bridgehead atoms. The summed E-state index contributed by atoms with van der Waals surface area (Å²) in [4.78, 5) is 18.8. The first-order chi connectivity index (χ1) is 11.5. The smallest absolute Gasteiger partial charge is 0.333 e. The van der Waals surface area contributed by atoms with Crippen molar-refractivity contribution in [2.75, 3.05) is 19.6 Å². The maximum absolute atomic E-state index is 13.0. The normalized spacial score (nSPS) is 27.5. The van der Waals surface area contributed by atoms with Crippen LogP contribution in [0.15, 0.2) is 24.5 Å². The number of nitrogens with zero attached hydrogens (tertiary/aromatic N) is 2. The summed E-state index contributed by atoms with van der Waals surface area (Å²) in [5.41, 5.74) is 0.918. The number of hydrogen-bond acceptors (Lipinski definition) is 3. The van der Waals surface area contributed by atoms with Gasteiger partial charge in [-0.05, 0) is 30.9 Å². The molecule has 2 heterocycles. The molecule has 3 atom stereocenters. The predicted molar refractivity (Wildman–Crippen MR) is 90.3 cm³/mol. The summed E-state index contributed by atoms with van der Waals surface area (Å²) < 4.78 is 39.1. The summed E-state index contributed by atoms with van der Waals surface area (Å²) in [6, 6.07) is 3.56. The van der Waals surface area contributed by atoms with E-state index in [0.717, 1.165) is 5.56 Å². The van der Waals surface area contributed by atoms with Crippen molar-refractivity contribution in [2.45, 2.75) is 37.9 Å². The molecule has 0 spiro atoms. The van der Waals surface area contributed by atoms with E-state index in [2.05, 4.69) is 10.3 Å². The van der Waals surface area contributed by atoms with Crippen molar-refractivity contribution >= 4 is 18.3 Å². The molecule has 1 aromatic rings. The summed E-state index contributed by atoms with van der Waals surface area (Å²) in [5.74, 6) is -2.01. The Hall–Kier alpha value is -1.34. The lowest BCUT2D eigenvalue weighted by molar-refractivity contribution is -0.187. The first-order valence-electron chi connectivity index (χ1n) is 8.44. The van der Waals surface area contributed by atoms with Gasteiger partial charge in [0, 0.05) is 37.9 Å². The topological polar surface area (TPSA) is 45.2 Å². The van der Waals surface area contributed by atoms with Crippen LogP contribution in [0.5, 0.6) is 0 Å². The Morgan fingerprint density at radius 3 is 2.80 bits per heavy atom. The number of carbonyl (C=O) groups is 1. The van der Waals surface area contributed by atoms with Crippen molar-refractivity contribution in [3.8, 4) is 0 Å². The molecule has 1 saturated carbocycles. The molecule has 25 heavy (non-hydrogen) atoms. The third-order valence-corrected chi connectivity index (χ3v) is 5.08. The van der Waals surface area contributed by atoms with Crippen molar-refractivity contribution in [1.82, 2.24) is 15.2 Å². The van der Waals surface area contributed by atoms with Crippen LogP contribution in [-0.4, -0.2) is 41.6 Å². The van der Waals surface area contributed by atoms with Crippen LogP contribution in [0.2, 0.25) is 0 Å². The minimum Gasteiger partial charge on any atom is -0.333 e. The monoisotopic (exact) mass is 377 g/mol. The molecule has 1 saturated heterocycles. The summed E-state index contributed by atoms with van der Waals surface area (Å²) in [7, 11) is 0. The zero-order valence-corrected chi connectivity index (χ0v) is 14.7. The van der Waals surface area contributed by atoms with Crippen molar-refractivity contribution < 1.29 is 18.0 Å². The zero-order valence-electron chi connectivity index (χ0n) is 13.8. The second-order valence-electron chi connectivity index (χ2n) is 6.64. The Balaban J connectivity index is 0.00000225. The van der Waals surface area contributed by atoms with Crippen molar-refractivity contribution in [2.24, 2.45) is 11.8 Å². The molecular weight excluding hydrogens is 355 g/mol. The minimum absolute atomic E-state index is 0. The van der Waals surface area contributed by atoms with Gasteiger partial charge in [-0.25, -0.2) is 0 Å². The fourth-order valence-corrected chi connectivity index (χ4v) is 3.78. The quantitative estimate of drug-likeness (QED) is 0.859. The standard InChI is InChI=1S/C17H22F3N3O.ClH/c18-17(19,20)14-5-1-3-12(9-14)16(24)23-8-7-22-11-15(23)13-4-2-6-21-10-13;/h2,4,6,10,12,14-15,22H,1,3,5,7-9,11H2;1H. The molecule has 4 nitrogen and oxygen atoms in total. The number of amides is 1. The molecule has 1 N–H and O–H groups in total. The predicted octanol–water partition coefficient (Wildman–Crippen LogP) is 3.35. The van der Waals surface area contributed by atoms with Gasteiger partial charge in [-0.2, -0.15) is 13.2 Å². The number of rotatable bonds is 2. The van der Waals surface area contributed by atoms with Gasteiger partial charge in [0.2, 0.25) is 5.91 Å². The average molecular weight is 378 g/mol. The summed E-state index contributed by atoms with van der Waals surface area (Å²) in [6.07, 6.45) is 0.260. The highest BCUT2D eigenvalue weighted by Crippen LogP contribution is 2.41. The molecule has 0 radical (unpaired) electrons. The maximum atomic E-state index is 13.0. The van der Waals surface area contributed by atoms with Gasteiger partial charge in [0.1, 0.15) is 0 Å². The van der Waals surface area contributed by atoms with E-state index in [1.165, 1.54) is 0 Å². The lowest BCUT2D eigenvalue weighted by atomic mass is 9.80. The maximum Gasteiger partial charge on any atom is 0.391 e. The van der Waals surface area contributed by atoms with E-state index in [1.807, 2.05) is 12.1 Å². The van der Waals surface area contributed by atoms with Gasteiger partial charge in [-0.15, -0.1) is 12.4 Å². The van der Waals surface area contributed by atoms with Crippen LogP contribution >= 0.6 is 12.4 Å². The Bertz CT molecular complexity index is 570. The van der Waals surface area contributed by atoms with E-state index in [9.17, 15) is 18.0 Å². The van der Waals surface area contributed by atoms with E-state index < -0.39 is 18.0 Å². The van der Waals surface area contributed by atoms with E-state index in [0.29, 0.717) is 32.5 Å². The molecule has 2 fully saturated rings. The lowest BCUT2D eigenvalue weighted by Crippen LogP contribution is -2.51. The molecule has 140 valence electrons. The first-order valence-corrected chi connectivity index (χ1v) is 8.44. The Morgan fingerprint density at radius 2 is 2.12 bits per heavy atom. The molecule has 1 aromatic heterocycles. The minimum atomic E-state index is -4.20. The SMILES string of the molecule is Cl.O=C(C1CCCC(C(F)(F)F)C1)N1CCNCC1c1cccnc1. The second kappa shape index (κ2) is 8.36. The molecule has 1 aliphatic heterocycles. The number of alkyl halides is 3. The third-order valence-electron chi connectivity index (χ3n) is 5.08. The van der Waals surface area contributed by atoms with Gasteiger partial charge in [-0.3, -0.25) is 9.78 Å². The molecule has 3 rings (SSSR count). The van der Waals surface area contributed by atoms with Gasteiger partial charge < -0.3 is 10.2 Å². The molecule has 0 aromatic carbocycles. The van der Waals surface area contributed by atoms with E-state index in [-0.39, 0.29) is 37.2 Å². The van der Waals surface area contributed by atoms with E-state index in [1.54, 1.807) is 17.3 Å². The fraction of sp³-hybridized carbons (Fsp3) is 0.647. The summed E-state index contributed by atoms with van der Waals surface area (Å²) >= 11 is 0. The summed E-state index contributed by atoms with van der Waals surface area (Å²) in [5, 5.41) is 3.25. The Morgan fingerprint density at radius 1 is 1.32 bits per heavy atom. The fourth-order valence-electron chi connectivity index (χ4n) is 3.78. The van der Waals surface area contributed by atoms with Crippen molar-refractivity contribution in [1.29, 1.82) is 0 Å². The number of hydrogen-bond donors (Lipinski definition) is 1. The van der Waals surface area contributed by atoms with Crippen LogP contribution in [0.1, 0.15) is 37.3 Å². The van der Waals surface area contributed by atoms with Gasteiger partial charge >= 0.3 is 6.18 Å². The zero-order chi connectivity index (χ0) is 17.2. The number of halogens is 4. The molecule has 3 unspecified atom stereocenters. The largest absolute Gasteiger partial charge is 0.391 e. The van der Waals surface area contributed by atoms with Gasteiger partial charge in [-0.1, -0.05) is 12.5 Å². The number of piperazine rings is 1. The van der Waals surface area contributed by atoms with Crippen LogP contribution in [0, 0.1) is 11.8 Å². The molecule has 2 aliphatic rings.